The van der Waals surface area contributed by atoms with Gasteiger partial charge in [0.05, 0.1) is 6.54 Å². The number of guanidine groups is 1. The van der Waals surface area contributed by atoms with Crippen LogP contribution in [-0.4, -0.2) is 50.6 Å². The summed E-state index contributed by atoms with van der Waals surface area (Å²) in [7, 11) is 3.37. The number of carbonyl (C=O) groups is 1. The van der Waals surface area contributed by atoms with Crippen molar-refractivity contribution in [1.82, 2.24) is 15.5 Å². The predicted molar refractivity (Wildman–Crippen MR) is 110 cm³/mol. The number of hydrogen-bond donors (Lipinski definition) is 2. The van der Waals surface area contributed by atoms with Crippen LogP contribution in [0.2, 0.25) is 5.02 Å². The number of halogens is 4. The number of nitrogens with zero attached hydrogens (tertiary/aromatic N) is 2. The van der Waals surface area contributed by atoms with E-state index in [-0.39, 0.29) is 42.2 Å². The zero-order valence-corrected chi connectivity index (χ0v) is 18.0. The normalized spacial score (nSPS) is 11.0. The molecule has 0 aliphatic heterocycles. The molecule has 148 valence electrons. The monoisotopic (exact) mass is 504 g/mol. The van der Waals surface area contributed by atoms with Gasteiger partial charge in [0.2, 0.25) is 5.91 Å². The Hall–Kier alpha value is -1.36. The van der Waals surface area contributed by atoms with Crippen molar-refractivity contribution >= 4 is 47.4 Å². The van der Waals surface area contributed by atoms with Gasteiger partial charge < -0.3 is 20.3 Å². The lowest BCUT2D eigenvalue weighted by atomic mass is 10.2. The van der Waals surface area contributed by atoms with Crippen LogP contribution in [0.15, 0.2) is 23.2 Å². The number of nitrogens with one attached hydrogen (secondary N) is 2. The Morgan fingerprint density at radius 1 is 1.35 bits per heavy atom. The average molecular weight is 505 g/mol. The fourth-order valence-corrected chi connectivity index (χ4v) is 2.09. The van der Waals surface area contributed by atoms with Crippen LogP contribution in [0.3, 0.4) is 0 Å². The number of aliphatic imine (C=N–C) groups is 1. The zero-order chi connectivity index (χ0) is 18.8. The van der Waals surface area contributed by atoms with Crippen LogP contribution in [0.5, 0.6) is 5.75 Å². The van der Waals surface area contributed by atoms with Crippen LogP contribution in [0.4, 0.5) is 8.78 Å². The van der Waals surface area contributed by atoms with Gasteiger partial charge in [-0.2, -0.15) is 8.78 Å². The van der Waals surface area contributed by atoms with Crippen molar-refractivity contribution in [3.63, 3.8) is 0 Å². The molecule has 1 rings (SSSR count). The van der Waals surface area contributed by atoms with Gasteiger partial charge in [0.15, 0.2) is 5.96 Å². The quantitative estimate of drug-likeness (QED) is 0.324. The summed E-state index contributed by atoms with van der Waals surface area (Å²) >= 11 is 5.91. The van der Waals surface area contributed by atoms with E-state index >= 15 is 0 Å². The smallest absolute Gasteiger partial charge is 0.387 e. The molecule has 0 atom stereocenters. The molecule has 0 aliphatic carbocycles. The van der Waals surface area contributed by atoms with Gasteiger partial charge in [-0.3, -0.25) is 4.79 Å². The number of hydrogen-bond acceptors (Lipinski definition) is 3. The van der Waals surface area contributed by atoms with Gasteiger partial charge in [0, 0.05) is 44.2 Å². The molecule has 0 spiro atoms. The summed E-state index contributed by atoms with van der Waals surface area (Å²) in [6.45, 7) is 0.0848. The van der Waals surface area contributed by atoms with Crippen LogP contribution in [-0.2, 0) is 11.3 Å². The lowest BCUT2D eigenvalue weighted by Crippen LogP contribution is -2.39. The highest BCUT2D eigenvalue weighted by molar-refractivity contribution is 14.0. The Labute approximate surface area is 174 Å². The van der Waals surface area contributed by atoms with Gasteiger partial charge in [0.1, 0.15) is 5.75 Å². The van der Waals surface area contributed by atoms with Crippen LogP contribution in [0.1, 0.15) is 18.9 Å². The van der Waals surface area contributed by atoms with Crippen molar-refractivity contribution in [3.8, 4) is 5.75 Å². The van der Waals surface area contributed by atoms with Gasteiger partial charge in [-0.25, -0.2) is 4.99 Å². The summed E-state index contributed by atoms with van der Waals surface area (Å²) in [5.74, 6) is 0.490. The average Bonchev–Trinajstić information content (AvgIpc) is 2.54. The molecule has 0 saturated carbocycles. The third kappa shape index (κ3) is 9.37. The second kappa shape index (κ2) is 12.9. The lowest BCUT2D eigenvalue weighted by molar-refractivity contribution is -0.128. The minimum Gasteiger partial charge on any atom is -0.434 e. The van der Waals surface area contributed by atoms with Crippen molar-refractivity contribution in [1.29, 1.82) is 0 Å². The van der Waals surface area contributed by atoms with E-state index in [1.807, 2.05) is 6.92 Å². The van der Waals surface area contributed by atoms with Crippen molar-refractivity contribution in [3.05, 3.63) is 28.8 Å². The van der Waals surface area contributed by atoms with Gasteiger partial charge in [0.25, 0.3) is 0 Å². The molecule has 0 fully saturated rings. The topological polar surface area (TPSA) is 66.0 Å². The predicted octanol–water partition coefficient (Wildman–Crippen LogP) is 3.09. The highest BCUT2D eigenvalue weighted by atomic mass is 127. The molecule has 0 heterocycles. The van der Waals surface area contributed by atoms with E-state index in [2.05, 4.69) is 20.4 Å². The highest BCUT2D eigenvalue weighted by Crippen LogP contribution is 2.25. The summed E-state index contributed by atoms with van der Waals surface area (Å²) in [6, 6.07) is 4.39. The van der Waals surface area contributed by atoms with Gasteiger partial charge in [-0.05, 0) is 25.1 Å². The van der Waals surface area contributed by atoms with Gasteiger partial charge >= 0.3 is 6.61 Å². The molecular formula is C16H24ClF2IN4O2. The minimum atomic E-state index is -2.92. The van der Waals surface area contributed by atoms with E-state index in [0.29, 0.717) is 36.1 Å². The largest absolute Gasteiger partial charge is 0.434 e. The second-order valence-electron chi connectivity index (χ2n) is 5.29. The SMILES string of the molecule is CCNC(=NCc1cc(Cl)ccc1OC(F)F)NCCC(=O)N(C)C.I. The highest BCUT2D eigenvalue weighted by Gasteiger charge is 2.11. The number of benzene rings is 1. The Bertz CT molecular complexity index is 604. The summed E-state index contributed by atoms with van der Waals surface area (Å²) in [6.07, 6.45) is 0.314. The third-order valence-corrected chi connectivity index (χ3v) is 3.36. The number of rotatable bonds is 8. The van der Waals surface area contributed by atoms with E-state index in [9.17, 15) is 13.6 Å². The molecule has 2 N–H and O–H groups in total. The molecule has 0 aliphatic rings. The molecule has 0 saturated heterocycles. The zero-order valence-electron chi connectivity index (χ0n) is 14.9. The van der Waals surface area contributed by atoms with E-state index < -0.39 is 6.61 Å². The molecule has 1 aromatic rings. The first-order valence-electron chi connectivity index (χ1n) is 7.79. The Morgan fingerprint density at radius 2 is 2.04 bits per heavy atom. The molecular weight excluding hydrogens is 481 g/mol. The molecule has 26 heavy (non-hydrogen) atoms. The maximum atomic E-state index is 12.5. The first-order valence-corrected chi connectivity index (χ1v) is 8.16. The number of alkyl halides is 2. The van der Waals surface area contributed by atoms with E-state index in [1.165, 1.54) is 23.1 Å². The number of carbonyl (C=O) groups excluding carboxylic acids is 1. The fraction of sp³-hybridized carbons (Fsp3) is 0.500. The Kier molecular flexibility index (Phi) is 12.2. The summed E-state index contributed by atoms with van der Waals surface area (Å²) in [5.41, 5.74) is 0.439. The van der Waals surface area contributed by atoms with Crippen molar-refractivity contribution in [2.75, 3.05) is 27.2 Å². The molecule has 0 unspecified atom stereocenters. The van der Waals surface area contributed by atoms with Crippen LogP contribution in [0, 0.1) is 0 Å². The molecule has 1 aromatic carbocycles. The number of ether oxygens (including phenoxy) is 1. The molecule has 0 aromatic heterocycles. The maximum Gasteiger partial charge on any atom is 0.387 e. The van der Waals surface area contributed by atoms with Crippen molar-refractivity contribution in [2.45, 2.75) is 26.5 Å². The standard InChI is InChI=1S/C16H23ClF2N4O2.HI/c1-4-20-16(21-8-7-14(24)23(2)3)22-10-11-9-12(17)5-6-13(11)25-15(18)19;/h5-6,9,15H,4,7-8,10H2,1-3H3,(H2,20,21,22);1H. The fourth-order valence-electron chi connectivity index (χ4n) is 1.90. The van der Waals surface area contributed by atoms with E-state index in [4.69, 9.17) is 11.6 Å². The molecule has 0 bridgehead atoms. The third-order valence-electron chi connectivity index (χ3n) is 3.12. The van der Waals surface area contributed by atoms with Gasteiger partial charge in [-0.15, -0.1) is 24.0 Å². The molecule has 6 nitrogen and oxygen atoms in total. The van der Waals surface area contributed by atoms with Crippen molar-refractivity contribution in [2.24, 2.45) is 4.99 Å². The Morgan fingerprint density at radius 3 is 2.62 bits per heavy atom. The Balaban J connectivity index is 0.00000625. The van der Waals surface area contributed by atoms with Crippen LogP contribution in [0.25, 0.3) is 0 Å². The second-order valence-corrected chi connectivity index (χ2v) is 5.73. The molecule has 0 radical (unpaired) electrons. The van der Waals surface area contributed by atoms with Gasteiger partial charge in [-0.1, -0.05) is 11.6 Å². The van der Waals surface area contributed by atoms with E-state index in [1.54, 1.807) is 14.1 Å². The summed E-state index contributed by atoms with van der Waals surface area (Å²) in [5, 5.41) is 6.45. The first-order chi connectivity index (χ1) is 11.8. The van der Waals surface area contributed by atoms with Crippen LogP contribution < -0.4 is 15.4 Å². The lowest BCUT2D eigenvalue weighted by Gasteiger charge is -2.14. The summed E-state index contributed by atoms with van der Waals surface area (Å²) in [4.78, 5) is 17.4. The molecule has 10 heteroatoms. The molecule has 1 amide bonds. The minimum absolute atomic E-state index is 0. The first kappa shape index (κ1) is 24.6. The number of amides is 1. The van der Waals surface area contributed by atoms with Crippen LogP contribution >= 0.6 is 35.6 Å². The summed E-state index contributed by atoms with van der Waals surface area (Å²) < 4.78 is 29.4. The van der Waals surface area contributed by atoms with Crippen molar-refractivity contribution < 1.29 is 18.3 Å². The maximum absolute atomic E-state index is 12.5. The van der Waals surface area contributed by atoms with E-state index in [0.717, 1.165) is 0 Å².